The van der Waals surface area contributed by atoms with Gasteiger partial charge >= 0.3 is 0 Å². The lowest BCUT2D eigenvalue weighted by molar-refractivity contribution is -0.122. The molecule has 3 rings (SSSR count). The molecular formula is C28H41Cl2NO4. The first-order valence-corrected chi connectivity index (χ1v) is 13.1. The number of carbonyl (C=O) groups is 1. The van der Waals surface area contributed by atoms with Crippen molar-refractivity contribution in [3.8, 4) is 0 Å². The first-order chi connectivity index (χ1) is 16.7. The number of nitrogens with zero attached hydrogens (tertiary/aromatic N) is 1. The third-order valence-electron chi connectivity index (χ3n) is 5.77. The molecule has 0 radical (unpaired) electrons. The van der Waals surface area contributed by atoms with Crippen molar-refractivity contribution in [3.05, 3.63) is 68.7 Å². The second kappa shape index (κ2) is 17.7. The van der Waals surface area contributed by atoms with Crippen LogP contribution in [0.15, 0.2) is 36.4 Å². The van der Waals surface area contributed by atoms with Gasteiger partial charge in [0.15, 0.2) is 0 Å². The molecule has 196 valence electrons. The predicted octanol–water partition coefficient (Wildman–Crippen LogP) is 6.87. The summed E-state index contributed by atoms with van der Waals surface area (Å²) < 4.78 is 6.10. The summed E-state index contributed by atoms with van der Waals surface area (Å²) in [4.78, 5) is 10.7. The molecule has 0 amide bonds. The molecule has 1 saturated heterocycles. The van der Waals surface area contributed by atoms with E-state index in [1.807, 2.05) is 19.1 Å². The van der Waals surface area contributed by atoms with Crippen LogP contribution in [0.5, 0.6) is 0 Å². The fraction of sp³-hybridized carbons (Fsp3) is 0.536. The maximum absolute atomic E-state index is 10.3. The van der Waals surface area contributed by atoms with Crippen LogP contribution in [0.3, 0.4) is 0 Å². The van der Waals surface area contributed by atoms with Gasteiger partial charge in [-0.1, -0.05) is 73.3 Å². The summed E-state index contributed by atoms with van der Waals surface area (Å²) in [7, 11) is 0. The van der Waals surface area contributed by atoms with E-state index >= 15 is 0 Å². The van der Waals surface area contributed by atoms with Gasteiger partial charge in [0.25, 0.3) is 6.47 Å². The molecule has 0 saturated carbocycles. The topological polar surface area (TPSA) is 70.0 Å². The van der Waals surface area contributed by atoms with Crippen molar-refractivity contribution in [2.45, 2.75) is 72.0 Å². The normalized spacial score (nSPS) is 14.8. The summed E-state index contributed by atoms with van der Waals surface area (Å²) in [6.45, 7) is 11.6. The molecule has 35 heavy (non-hydrogen) atoms. The molecular weight excluding hydrogens is 485 g/mol. The van der Waals surface area contributed by atoms with Crippen molar-refractivity contribution in [1.29, 1.82) is 0 Å². The van der Waals surface area contributed by atoms with Gasteiger partial charge in [0.1, 0.15) is 0 Å². The Morgan fingerprint density at radius 2 is 1.63 bits per heavy atom. The molecule has 2 N–H and O–H groups in total. The number of rotatable bonds is 9. The lowest BCUT2D eigenvalue weighted by Gasteiger charge is -2.24. The molecule has 1 fully saturated rings. The summed E-state index contributed by atoms with van der Waals surface area (Å²) in [5.41, 5.74) is 5.13. The molecule has 2 aromatic carbocycles. The Balaban J connectivity index is 0.000000422. The molecule has 7 heteroatoms. The average molecular weight is 527 g/mol. The average Bonchev–Trinajstić information content (AvgIpc) is 3.32. The summed E-state index contributed by atoms with van der Waals surface area (Å²) in [6.07, 6.45) is 5.39. The third-order valence-corrected chi connectivity index (χ3v) is 6.51. The zero-order valence-corrected chi connectivity index (χ0v) is 23.0. The second-order valence-electron chi connectivity index (χ2n) is 8.87. The molecule has 2 unspecified atom stereocenters. The maximum atomic E-state index is 10.3. The molecule has 1 aliphatic rings. The first-order valence-electron chi connectivity index (χ1n) is 12.4. The number of ether oxygens (including phenoxy) is 1. The van der Waals surface area contributed by atoms with Gasteiger partial charge in [-0.25, -0.2) is 0 Å². The number of aryl methyl sites for hydroxylation is 3. The molecule has 5 nitrogen and oxygen atoms in total. The van der Waals surface area contributed by atoms with Crippen molar-refractivity contribution in [1.82, 2.24) is 4.90 Å². The highest BCUT2D eigenvalue weighted by Crippen LogP contribution is 2.27. The fourth-order valence-electron chi connectivity index (χ4n) is 4.11. The van der Waals surface area contributed by atoms with Gasteiger partial charge in [-0.15, -0.1) is 0 Å². The Hall–Kier alpha value is -1.63. The number of aliphatic hydroxyl groups excluding tert-OH is 1. The number of hydrogen-bond acceptors (Lipinski definition) is 4. The van der Waals surface area contributed by atoms with E-state index in [2.05, 4.69) is 43.9 Å². The van der Waals surface area contributed by atoms with Gasteiger partial charge in [0, 0.05) is 6.54 Å². The van der Waals surface area contributed by atoms with Crippen LogP contribution in [0.25, 0.3) is 0 Å². The molecule has 2 atom stereocenters. The molecule has 0 aromatic heterocycles. The van der Waals surface area contributed by atoms with Crippen LogP contribution in [-0.4, -0.2) is 53.9 Å². The Morgan fingerprint density at radius 3 is 2.17 bits per heavy atom. The van der Waals surface area contributed by atoms with E-state index < -0.39 is 0 Å². The van der Waals surface area contributed by atoms with E-state index in [9.17, 15) is 5.11 Å². The Morgan fingerprint density at radius 1 is 1.03 bits per heavy atom. The number of β-amino-alcohol motifs (C(OH)–C–C–N with tert-alkyl or cyclic N) is 1. The van der Waals surface area contributed by atoms with E-state index in [1.54, 1.807) is 6.07 Å². The van der Waals surface area contributed by atoms with Crippen molar-refractivity contribution < 1.29 is 19.7 Å². The second-order valence-corrected chi connectivity index (χ2v) is 9.68. The largest absolute Gasteiger partial charge is 0.483 e. The van der Waals surface area contributed by atoms with E-state index in [4.69, 9.17) is 37.8 Å². The first kappa shape index (κ1) is 31.4. The van der Waals surface area contributed by atoms with Crippen LogP contribution in [0.2, 0.25) is 10.0 Å². The van der Waals surface area contributed by atoms with E-state index in [1.165, 1.54) is 29.5 Å². The number of benzene rings is 2. The molecule has 1 aliphatic heterocycles. The van der Waals surface area contributed by atoms with Crippen LogP contribution in [0, 0.1) is 13.8 Å². The molecule has 0 bridgehead atoms. The maximum Gasteiger partial charge on any atom is 0.290 e. The van der Waals surface area contributed by atoms with Crippen molar-refractivity contribution >= 4 is 29.7 Å². The van der Waals surface area contributed by atoms with Gasteiger partial charge in [0.2, 0.25) is 0 Å². The summed E-state index contributed by atoms with van der Waals surface area (Å²) in [5.74, 6) is 0. The molecule has 2 aromatic rings. The lowest BCUT2D eigenvalue weighted by atomic mass is 9.95. The minimum atomic E-state index is -0.387. The van der Waals surface area contributed by atoms with Gasteiger partial charge in [-0.2, -0.15) is 0 Å². The quantitative estimate of drug-likeness (QED) is 0.349. The van der Waals surface area contributed by atoms with Crippen LogP contribution in [-0.2, 0) is 16.0 Å². The number of likely N-dealkylation sites (tertiary alicyclic amines) is 1. The third kappa shape index (κ3) is 12.2. The molecule has 0 aliphatic carbocycles. The van der Waals surface area contributed by atoms with Crippen LogP contribution in [0.1, 0.15) is 67.9 Å². The highest BCUT2D eigenvalue weighted by molar-refractivity contribution is 6.42. The van der Waals surface area contributed by atoms with Crippen molar-refractivity contribution in [3.63, 3.8) is 0 Å². The number of halogens is 2. The zero-order valence-electron chi connectivity index (χ0n) is 21.5. The fourth-order valence-corrected chi connectivity index (χ4v) is 4.46. The lowest BCUT2D eigenvalue weighted by Crippen LogP contribution is -2.33. The van der Waals surface area contributed by atoms with Crippen molar-refractivity contribution in [2.75, 3.05) is 26.2 Å². The Labute approximate surface area is 221 Å². The van der Waals surface area contributed by atoms with Gasteiger partial charge in [0.05, 0.1) is 28.9 Å². The number of aliphatic hydroxyl groups is 1. The number of carboxylic acid groups (broad SMARTS) is 1. The predicted molar refractivity (Wildman–Crippen MR) is 146 cm³/mol. The van der Waals surface area contributed by atoms with E-state index in [-0.39, 0.29) is 18.7 Å². The van der Waals surface area contributed by atoms with Gasteiger partial charge in [-0.05, 0) is 81.4 Å². The Kier molecular flexibility index (Phi) is 15.9. The molecule has 0 spiro atoms. The van der Waals surface area contributed by atoms with E-state index in [0.717, 1.165) is 44.5 Å². The summed E-state index contributed by atoms with van der Waals surface area (Å²) >= 11 is 11.3. The van der Waals surface area contributed by atoms with Gasteiger partial charge in [-0.3, -0.25) is 4.79 Å². The minimum Gasteiger partial charge on any atom is -0.483 e. The summed E-state index contributed by atoms with van der Waals surface area (Å²) in [6, 6.07) is 12.2. The highest BCUT2D eigenvalue weighted by atomic mass is 35.5. The van der Waals surface area contributed by atoms with E-state index in [0.29, 0.717) is 16.7 Å². The van der Waals surface area contributed by atoms with Crippen molar-refractivity contribution in [2.24, 2.45) is 0 Å². The minimum absolute atomic E-state index is 0.0883. The monoisotopic (exact) mass is 525 g/mol. The Bertz CT molecular complexity index is 872. The van der Waals surface area contributed by atoms with Crippen LogP contribution in [0.4, 0.5) is 0 Å². The smallest absolute Gasteiger partial charge is 0.290 e. The van der Waals surface area contributed by atoms with Gasteiger partial charge < -0.3 is 19.8 Å². The zero-order chi connectivity index (χ0) is 26.2. The number of hydrogen-bond donors (Lipinski definition) is 2. The van der Waals surface area contributed by atoms with Crippen LogP contribution < -0.4 is 0 Å². The van der Waals surface area contributed by atoms with Crippen LogP contribution >= 0.6 is 23.2 Å². The SMILES string of the molecule is CCCc1cc(C)ccc1C(CC)OCC(O)CN1CCCC1.Cc1ccc(Cl)c(Cl)c1.O=CO. The highest BCUT2D eigenvalue weighted by Gasteiger charge is 2.19. The summed E-state index contributed by atoms with van der Waals surface area (Å²) in [5, 5.41) is 18.4. The standard InChI is InChI=1S/C20H33NO2.C7H6Cl2.CH2O2/c1-4-8-17-13-16(3)9-10-19(17)20(5-2)23-15-18(22)14-21-11-6-7-12-21;1-5-2-3-6(8)7(9)4-5;2-1-3/h9-10,13,18,20,22H,4-8,11-12,14-15H2,1-3H3;2-4H,1H3;1H,(H,2,3). The molecule has 1 heterocycles.